The minimum Gasteiger partial charge on any atom is -0.309 e. The van der Waals surface area contributed by atoms with Crippen molar-refractivity contribution in [2.75, 3.05) is 6.54 Å². The summed E-state index contributed by atoms with van der Waals surface area (Å²) >= 11 is 0. The van der Waals surface area contributed by atoms with E-state index in [9.17, 15) is 0 Å². The van der Waals surface area contributed by atoms with Crippen molar-refractivity contribution in [2.45, 2.75) is 40.2 Å². The predicted octanol–water partition coefficient (Wildman–Crippen LogP) is 3.70. The van der Waals surface area contributed by atoms with Crippen LogP contribution in [-0.4, -0.2) is 12.1 Å². The first-order valence-electron chi connectivity index (χ1n) is 5.87. The Morgan fingerprint density at radius 2 is 1.62 bits per heavy atom. The minimum absolute atomic E-state index is 0.187. The molecule has 0 aliphatic heterocycles. The third-order valence-corrected chi connectivity index (χ3v) is 2.30. The number of nitrogens with one attached hydrogen (secondary N) is 1. The molecule has 1 rings (SSSR count). The highest BCUT2D eigenvalue weighted by Crippen LogP contribution is 2.10. The lowest BCUT2D eigenvalue weighted by Gasteiger charge is -2.18. The highest BCUT2D eigenvalue weighted by Gasteiger charge is 2.05. The Balaban J connectivity index is 2.56. The Hall–Kier alpha value is -1.08. The van der Waals surface area contributed by atoms with E-state index in [1.165, 1.54) is 16.7 Å². The smallest absolute Gasteiger partial charge is 0.0143 e. The molecular weight excluding hydrogens is 194 g/mol. The maximum absolute atomic E-state index is 3.43. The maximum atomic E-state index is 3.43. The van der Waals surface area contributed by atoms with Crippen molar-refractivity contribution in [3.63, 3.8) is 0 Å². The van der Waals surface area contributed by atoms with Gasteiger partial charge in [-0.25, -0.2) is 0 Å². The highest BCUT2D eigenvalue weighted by atomic mass is 14.9. The molecule has 0 amide bonds. The second kappa shape index (κ2) is 5.31. The van der Waals surface area contributed by atoms with Crippen molar-refractivity contribution < 1.29 is 0 Å². The van der Waals surface area contributed by atoms with E-state index in [1.54, 1.807) is 0 Å². The highest BCUT2D eigenvalue weighted by molar-refractivity contribution is 5.51. The molecule has 0 atom stereocenters. The van der Waals surface area contributed by atoms with Crippen molar-refractivity contribution >= 4 is 6.08 Å². The lowest BCUT2D eigenvalue weighted by molar-refractivity contribution is 0.450. The molecule has 0 heterocycles. The Bertz CT molecular complexity index is 349. The summed E-state index contributed by atoms with van der Waals surface area (Å²) in [6.45, 7) is 11.7. The Morgan fingerprint density at radius 3 is 2.12 bits per heavy atom. The topological polar surface area (TPSA) is 12.0 Å². The van der Waals surface area contributed by atoms with Crippen molar-refractivity contribution in [2.24, 2.45) is 0 Å². The van der Waals surface area contributed by atoms with Gasteiger partial charge >= 0.3 is 0 Å². The molecule has 1 heteroatoms. The van der Waals surface area contributed by atoms with Crippen LogP contribution in [0.25, 0.3) is 6.08 Å². The molecule has 1 aromatic carbocycles. The molecule has 1 aromatic rings. The van der Waals surface area contributed by atoms with E-state index in [-0.39, 0.29) is 5.54 Å². The van der Waals surface area contributed by atoms with Crippen molar-refractivity contribution in [3.8, 4) is 0 Å². The normalized spacial score (nSPS) is 12.3. The molecular formula is C15H23N. The zero-order valence-electron chi connectivity index (χ0n) is 11.1. The molecule has 1 nitrogen and oxygen atoms in total. The van der Waals surface area contributed by atoms with Crippen LogP contribution >= 0.6 is 0 Å². The summed E-state index contributed by atoms with van der Waals surface area (Å²) in [5.41, 5.74) is 4.12. The van der Waals surface area contributed by atoms with Gasteiger partial charge in [0.2, 0.25) is 0 Å². The molecule has 0 bridgehead atoms. The second-order valence-corrected chi connectivity index (χ2v) is 5.45. The van der Waals surface area contributed by atoms with Gasteiger partial charge in [0, 0.05) is 12.1 Å². The molecule has 0 saturated carbocycles. The molecule has 0 radical (unpaired) electrons. The molecule has 88 valence electrons. The van der Waals surface area contributed by atoms with E-state index >= 15 is 0 Å². The van der Waals surface area contributed by atoms with Gasteiger partial charge in [-0.05, 0) is 40.2 Å². The van der Waals surface area contributed by atoms with Crippen molar-refractivity contribution in [1.82, 2.24) is 5.32 Å². The quantitative estimate of drug-likeness (QED) is 0.814. The standard InChI is InChI=1S/C15H23N/c1-12-9-13(2)11-14(10-12)7-6-8-16-15(3,4)5/h6-7,9-11,16H,8H2,1-5H3. The number of rotatable bonds is 3. The van der Waals surface area contributed by atoms with Crippen molar-refractivity contribution in [1.29, 1.82) is 0 Å². The van der Waals surface area contributed by atoms with E-state index in [0.717, 1.165) is 6.54 Å². The first-order valence-corrected chi connectivity index (χ1v) is 5.87. The zero-order valence-corrected chi connectivity index (χ0v) is 11.1. The molecule has 0 unspecified atom stereocenters. The third kappa shape index (κ3) is 5.13. The summed E-state index contributed by atoms with van der Waals surface area (Å²) < 4.78 is 0. The Labute approximate surface area is 99.6 Å². The Kier molecular flexibility index (Phi) is 4.31. The average molecular weight is 217 g/mol. The molecule has 0 aliphatic carbocycles. The van der Waals surface area contributed by atoms with Gasteiger partial charge in [0.25, 0.3) is 0 Å². The largest absolute Gasteiger partial charge is 0.309 e. The summed E-state index contributed by atoms with van der Waals surface area (Å²) in [6, 6.07) is 6.62. The first kappa shape index (κ1) is 13.0. The van der Waals surface area contributed by atoms with Crippen LogP contribution in [0.2, 0.25) is 0 Å². The monoisotopic (exact) mass is 217 g/mol. The van der Waals surface area contributed by atoms with Crippen LogP contribution < -0.4 is 5.32 Å². The molecule has 0 aliphatic rings. The van der Waals surface area contributed by atoms with Gasteiger partial charge in [-0.1, -0.05) is 41.5 Å². The lowest BCUT2D eigenvalue weighted by atomic mass is 10.1. The van der Waals surface area contributed by atoms with Crippen LogP contribution in [0.5, 0.6) is 0 Å². The minimum atomic E-state index is 0.187. The molecule has 0 spiro atoms. The van der Waals surface area contributed by atoms with E-state index in [0.29, 0.717) is 0 Å². The van der Waals surface area contributed by atoms with Gasteiger partial charge in [-0.3, -0.25) is 0 Å². The summed E-state index contributed by atoms with van der Waals surface area (Å²) in [4.78, 5) is 0. The van der Waals surface area contributed by atoms with Gasteiger partial charge in [0.05, 0.1) is 0 Å². The number of hydrogen-bond acceptors (Lipinski definition) is 1. The molecule has 0 fully saturated rings. The van der Waals surface area contributed by atoms with Gasteiger partial charge in [0.1, 0.15) is 0 Å². The SMILES string of the molecule is Cc1cc(C)cc(C=CCNC(C)(C)C)c1. The summed E-state index contributed by atoms with van der Waals surface area (Å²) in [7, 11) is 0. The summed E-state index contributed by atoms with van der Waals surface area (Å²) in [5, 5.41) is 3.43. The van der Waals surface area contributed by atoms with Crippen LogP contribution in [-0.2, 0) is 0 Å². The number of aryl methyl sites for hydroxylation is 2. The Morgan fingerprint density at radius 1 is 1.06 bits per heavy atom. The fraction of sp³-hybridized carbons (Fsp3) is 0.467. The lowest BCUT2D eigenvalue weighted by Crippen LogP contribution is -2.35. The van der Waals surface area contributed by atoms with Crippen LogP contribution in [0.1, 0.15) is 37.5 Å². The van der Waals surface area contributed by atoms with E-state index in [2.05, 4.69) is 70.3 Å². The van der Waals surface area contributed by atoms with Gasteiger partial charge in [-0.15, -0.1) is 0 Å². The van der Waals surface area contributed by atoms with E-state index in [4.69, 9.17) is 0 Å². The van der Waals surface area contributed by atoms with Crippen molar-refractivity contribution in [3.05, 3.63) is 41.0 Å². The average Bonchev–Trinajstić information content (AvgIpc) is 2.09. The fourth-order valence-electron chi connectivity index (χ4n) is 1.67. The van der Waals surface area contributed by atoms with Gasteiger partial charge < -0.3 is 5.32 Å². The van der Waals surface area contributed by atoms with E-state index in [1.807, 2.05) is 0 Å². The van der Waals surface area contributed by atoms with Crippen LogP contribution in [0.3, 0.4) is 0 Å². The molecule has 1 N–H and O–H groups in total. The molecule has 0 saturated heterocycles. The number of benzene rings is 1. The zero-order chi connectivity index (χ0) is 12.2. The molecule has 0 aromatic heterocycles. The van der Waals surface area contributed by atoms with Gasteiger partial charge in [-0.2, -0.15) is 0 Å². The van der Waals surface area contributed by atoms with E-state index < -0.39 is 0 Å². The predicted molar refractivity (Wildman–Crippen MR) is 72.7 cm³/mol. The first-order chi connectivity index (χ1) is 7.37. The number of hydrogen-bond donors (Lipinski definition) is 1. The van der Waals surface area contributed by atoms with Crippen LogP contribution in [0.4, 0.5) is 0 Å². The second-order valence-electron chi connectivity index (χ2n) is 5.45. The van der Waals surface area contributed by atoms with Crippen LogP contribution in [0.15, 0.2) is 24.3 Å². The van der Waals surface area contributed by atoms with Crippen LogP contribution in [0, 0.1) is 13.8 Å². The maximum Gasteiger partial charge on any atom is 0.0143 e. The fourth-order valence-corrected chi connectivity index (χ4v) is 1.67. The molecule has 16 heavy (non-hydrogen) atoms. The summed E-state index contributed by atoms with van der Waals surface area (Å²) in [6.07, 6.45) is 4.36. The third-order valence-electron chi connectivity index (χ3n) is 2.30. The van der Waals surface area contributed by atoms with Gasteiger partial charge in [0.15, 0.2) is 0 Å². The summed E-state index contributed by atoms with van der Waals surface area (Å²) in [5.74, 6) is 0.